The summed E-state index contributed by atoms with van der Waals surface area (Å²) < 4.78 is 0. The van der Waals surface area contributed by atoms with Crippen molar-refractivity contribution in [2.75, 3.05) is 35.2 Å². The molecule has 0 aliphatic carbocycles. The smallest absolute Gasteiger partial charge is 0.253 e. The second kappa shape index (κ2) is 7.27. The van der Waals surface area contributed by atoms with Crippen LogP contribution in [0.2, 0.25) is 5.02 Å². The van der Waals surface area contributed by atoms with Gasteiger partial charge in [-0.25, -0.2) is 0 Å². The first kappa shape index (κ1) is 17.5. The highest BCUT2D eigenvalue weighted by molar-refractivity contribution is 6.33. The molecule has 0 bridgehead atoms. The zero-order valence-electron chi connectivity index (χ0n) is 14.0. The maximum atomic E-state index is 12.0. The van der Waals surface area contributed by atoms with E-state index in [1.54, 1.807) is 12.1 Å². The van der Waals surface area contributed by atoms with E-state index in [0.717, 1.165) is 31.5 Å². The molecule has 0 aromatic heterocycles. The minimum Gasteiger partial charge on any atom is -0.379 e. The molecule has 0 atom stereocenters. The quantitative estimate of drug-likeness (QED) is 0.772. The first-order valence-corrected chi connectivity index (χ1v) is 8.73. The van der Waals surface area contributed by atoms with Crippen LogP contribution >= 0.6 is 11.6 Å². The van der Waals surface area contributed by atoms with Gasteiger partial charge in [0.25, 0.3) is 10.9 Å². The Bertz CT molecular complexity index is 865. The summed E-state index contributed by atoms with van der Waals surface area (Å²) in [6.07, 6.45) is 2.22. The van der Waals surface area contributed by atoms with E-state index >= 15 is 0 Å². The molecule has 2 aromatic rings. The van der Waals surface area contributed by atoms with Crippen LogP contribution in [0.15, 0.2) is 27.8 Å². The number of hydrogen-bond donors (Lipinski definition) is 2. The number of halogens is 1. The zero-order chi connectivity index (χ0) is 18.0. The number of hydrogen-bond acceptors (Lipinski definition) is 5. The van der Waals surface area contributed by atoms with Crippen LogP contribution in [-0.2, 0) is 4.79 Å². The molecule has 2 N–H and O–H groups in total. The number of nitrogens with one attached hydrogen (secondary N) is 2. The van der Waals surface area contributed by atoms with Gasteiger partial charge in [-0.15, -0.1) is 0 Å². The van der Waals surface area contributed by atoms with Gasteiger partial charge >= 0.3 is 0 Å². The van der Waals surface area contributed by atoms with Crippen LogP contribution in [0.5, 0.6) is 0 Å². The van der Waals surface area contributed by atoms with Gasteiger partial charge in [-0.2, -0.15) is 0 Å². The van der Waals surface area contributed by atoms with Gasteiger partial charge in [0.2, 0.25) is 5.91 Å². The Labute approximate surface area is 150 Å². The zero-order valence-corrected chi connectivity index (χ0v) is 14.8. The highest BCUT2D eigenvalue weighted by Gasteiger charge is 2.27. The molecule has 1 amide bonds. The van der Waals surface area contributed by atoms with Crippen molar-refractivity contribution in [1.82, 2.24) is 0 Å². The lowest BCUT2D eigenvalue weighted by atomic mass is 10.1. The molecule has 1 aliphatic rings. The van der Waals surface area contributed by atoms with E-state index in [2.05, 4.69) is 10.6 Å². The van der Waals surface area contributed by atoms with Gasteiger partial charge in [0.1, 0.15) is 11.4 Å². The molecule has 0 spiro atoms. The van der Waals surface area contributed by atoms with Gasteiger partial charge in [0.05, 0.1) is 10.7 Å². The second-order valence-electron chi connectivity index (χ2n) is 6.28. The van der Waals surface area contributed by atoms with E-state index < -0.39 is 10.9 Å². The van der Waals surface area contributed by atoms with Gasteiger partial charge in [-0.1, -0.05) is 17.7 Å². The number of carbonyl (C=O) groups is 1. The SMILES string of the molecule is Cc1ccc(NC(=O)CCNc2c(N3CCCC3)c(=O)c2=O)c(Cl)c1. The monoisotopic (exact) mass is 361 g/mol. The lowest BCUT2D eigenvalue weighted by Gasteiger charge is -2.22. The van der Waals surface area contributed by atoms with Crippen LogP contribution in [0.3, 0.4) is 0 Å². The van der Waals surface area contributed by atoms with Crippen molar-refractivity contribution in [3.05, 3.63) is 49.2 Å². The first-order chi connectivity index (χ1) is 12.0. The number of carbonyl (C=O) groups excluding carboxylic acids is 1. The van der Waals surface area contributed by atoms with Gasteiger partial charge in [-0.3, -0.25) is 14.4 Å². The molecule has 1 saturated heterocycles. The van der Waals surface area contributed by atoms with Crippen LogP contribution in [0.1, 0.15) is 24.8 Å². The number of anilines is 3. The number of nitrogens with zero attached hydrogens (tertiary/aromatic N) is 1. The summed E-state index contributed by atoms with van der Waals surface area (Å²) in [5.74, 6) is -0.209. The van der Waals surface area contributed by atoms with Crippen molar-refractivity contribution in [1.29, 1.82) is 0 Å². The predicted octanol–water partition coefficient (Wildman–Crippen LogP) is 2.29. The Morgan fingerprint density at radius 1 is 1.20 bits per heavy atom. The summed E-state index contributed by atoms with van der Waals surface area (Å²) in [7, 11) is 0. The molecule has 7 heteroatoms. The van der Waals surface area contributed by atoms with Crippen molar-refractivity contribution in [2.45, 2.75) is 26.2 Å². The fourth-order valence-corrected chi connectivity index (χ4v) is 3.30. The third-order valence-electron chi connectivity index (χ3n) is 4.36. The molecule has 1 aliphatic heterocycles. The minimum absolute atomic E-state index is 0.169. The lowest BCUT2D eigenvalue weighted by Crippen LogP contribution is -2.42. The van der Waals surface area contributed by atoms with Gasteiger partial charge < -0.3 is 15.5 Å². The van der Waals surface area contributed by atoms with Gasteiger partial charge in [0, 0.05) is 26.1 Å². The van der Waals surface area contributed by atoms with Crippen molar-refractivity contribution in [3.8, 4) is 0 Å². The third kappa shape index (κ3) is 3.69. The standard InChI is InChI=1S/C18H20ClN3O3/c1-11-4-5-13(12(19)10-11)21-14(23)6-7-20-15-16(18(25)17(15)24)22-8-2-3-9-22/h4-5,10,20H,2-3,6-9H2,1H3,(H,21,23). The minimum atomic E-state index is -0.496. The third-order valence-corrected chi connectivity index (χ3v) is 4.67. The van der Waals surface area contributed by atoms with Crippen LogP contribution in [0.25, 0.3) is 0 Å². The molecule has 3 rings (SSSR count). The number of aryl methyl sites for hydroxylation is 1. The predicted molar refractivity (Wildman–Crippen MR) is 101 cm³/mol. The second-order valence-corrected chi connectivity index (χ2v) is 6.69. The summed E-state index contributed by atoms with van der Waals surface area (Å²) in [5, 5.41) is 6.17. The topological polar surface area (TPSA) is 78.5 Å². The fourth-order valence-electron chi connectivity index (χ4n) is 3.02. The van der Waals surface area contributed by atoms with Crippen molar-refractivity contribution in [2.24, 2.45) is 0 Å². The van der Waals surface area contributed by atoms with E-state index in [0.29, 0.717) is 22.1 Å². The summed E-state index contributed by atoms with van der Waals surface area (Å²) in [6.45, 7) is 3.79. The fraction of sp³-hybridized carbons (Fsp3) is 0.389. The van der Waals surface area contributed by atoms with Gasteiger partial charge in [-0.05, 0) is 37.5 Å². The van der Waals surface area contributed by atoms with Crippen LogP contribution < -0.4 is 26.4 Å². The summed E-state index contributed by atoms with van der Waals surface area (Å²) in [5.41, 5.74) is 1.46. The van der Waals surface area contributed by atoms with E-state index in [1.807, 2.05) is 17.9 Å². The molecular weight excluding hydrogens is 342 g/mol. The van der Waals surface area contributed by atoms with E-state index in [9.17, 15) is 14.4 Å². The molecule has 25 heavy (non-hydrogen) atoms. The van der Waals surface area contributed by atoms with Crippen LogP contribution in [-0.4, -0.2) is 25.5 Å². The largest absolute Gasteiger partial charge is 0.379 e. The van der Waals surface area contributed by atoms with E-state index in [1.165, 1.54) is 0 Å². The Balaban J connectivity index is 1.55. The number of rotatable bonds is 6. The molecular formula is C18H20ClN3O3. The maximum absolute atomic E-state index is 12.0. The Morgan fingerprint density at radius 2 is 1.92 bits per heavy atom. The highest BCUT2D eigenvalue weighted by Crippen LogP contribution is 2.25. The van der Waals surface area contributed by atoms with Gasteiger partial charge in [0.15, 0.2) is 0 Å². The molecule has 2 aromatic carbocycles. The maximum Gasteiger partial charge on any atom is 0.253 e. The molecule has 0 radical (unpaired) electrons. The van der Waals surface area contributed by atoms with Crippen molar-refractivity contribution < 1.29 is 4.79 Å². The van der Waals surface area contributed by atoms with Crippen LogP contribution in [0, 0.1) is 6.92 Å². The molecule has 132 valence electrons. The van der Waals surface area contributed by atoms with Crippen LogP contribution in [0.4, 0.5) is 17.1 Å². The average molecular weight is 362 g/mol. The van der Waals surface area contributed by atoms with Crippen molar-refractivity contribution >= 4 is 34.6 Å². The molecule has 0 unspecified atom stereocenters. The van der Waals surface area contributed by atoms with Crippen molar-refractivity contribution in [3.63, 3.8) is 0 Å². The summed E-state index contributed by atoms with van der Waals surface area (Å²) in [4.78, 5) is 37.5. The molecule has 6 nitrogen and oxygen atoms in total. The molecule has 0 saturated carbocycles. The first-order valence-electron chi connectivity index (χ1n) is 8.35. The summed E-state index contributed by atoms with van der Waals surface area (Å²) in [6, 6.07) is 5.40. The normalized spacial score (nSPS) is 14.1. The molecule has 1 heterocycles. The molecule has 1 fully saturated rings. The number of benzene rings is 1. The number of amides is 1. The Hall–Kier alpha value is -2.34. The highest BCUT2D eigenvalue weighted by atomic mass is 35.5. The lowest BCUT2D eigenvalue weighted by molar-refractivity contribution is -0.115. The van der Waals surface area contributed by atoms with E-state index in [4.69, 9.17) is 11.6 Å². The Kier molecular flexibility index (Phi) is 5.08. The average Bonchev–Trinajstić information content (AvgIpc) is 3.09. The van der Waals surface area contributed by atoms with E-state index in [-0.39, 0.29) is 18.9 Å². The summed E-state index contributed by atoms with van der Waals surface area (Å²) >= 11 is 6.09. The Morgan fingerprint density at radius 3 is 2.60 bits per heavy atom.